The fraction of sp³-hybridized carbons (Fsp3) is 0.786. The van der Waals surface area contributed by atoms with Crippen molar-refractivity contribution in [1.82, 2.24) is 0 Å². The molecule has 0 aromatic heterocycles. The molecule has 0 atom stereocenters. The van der Waals surface area contributed by atoms with Gasteiger partial charge in [-0.1, -0.05) is 19.9 Å². The maximum absolute atomic E-state index is 11.9. The summed E-state index contributed by atoms with van der Waals surface area (Å²) < 4.78 is 0. The highest BCUT2D eigenvalue weighted by Gasteiger charge is 2.30. The van der Waals surface area contributed by atoms with E-state index in [4.69, 9.17) is 0 Å². The van der Waals surface area contributed by atoms with E-state index < -0.39 is 0 Å². The summed E-state index contributed by atoms with van der Waals surface area (Å²) in [6.45, 7) is 4.38. The first kappa shape index (κ1) is 12.2. The molecule has 0 N–H and O–H groups in total. The van der Waals surface area contributed by atoms with Crippen molar-refractivity contribution in [2.75, 3.05) is 17.3 Å². The van der Waals surface area contributed by atoms with E-state index in [0.29, 0.717) is 16.7 Å². The molecule has 0 spiro atoms. The normalized spacial score (nSPS) is 25.9. The van der Waals surface area contributed by atoms with E-state index in [0.717, 1.165) is 24.8 Å². The molecule has 0 aromatic rings. The van der Waals surface area contributed by atoms with E-state index in [2.05, 4.69) is 19.9 Å². The zero-order valence-corrected chi connectivity index (χ0v) is 11.4. The van der Waals surface area contributed by atoms with Gasteiger partial charge in [0.05, 0.1) is 0 Å². The van der Waals surface area contributed by atoms with E-state index >= 15 is 0 Å². The van der Waals surface area contributed by atoms with Crippen LogP contribution < -0.4 is 0 Å². The molecule has 1 nitrogen and oxygen atoms in total. The van der Waals surface area contributed by atoms with Crippen molar-refractivity contribution in [2.45, 2.75) is 46.0 Å². The van der Waals surface area contributed by atoms with Crippen LogP contribution >= 0.6 is 0 Å². The van der Waals surface area contributed by atoms with E-state index in [9.17, 15) is 4.79 Å². The van der Waals surface area contributed by atoms with Crippen molar-refractivity contribution in [1.29, 1.82) is 0 Å². The Hall–Kier alpha value is -0.240. The SMILES string of the molecule is CC1(C)CC=C(CC[S+]2CCCC2)C(=O)C1. The molecule has 1 saturated heterocycles. The first-order valence-corrected chi connectivity index (χ1v) is 8.16. The van der Waals surface area contributed by atoms with Gasteiger partial charge in [0.1, 0.15) is 17.3 Å². The van der Waals surface area contributed by atoms with E-state index in [1.54, 1.807) is 0 Å². The topological polar surface area (TPSA) is 17.1 Å². The molecule has 0 amide bonds. The number of hydrogen-bond donors (Lipinski definition) is 0. The minimum atomic E-state index is 0.205. The summed E-state index contributed by atoms with van der Waals surface area (Å²) in [6, 6.07) is 0. The Kier molecular flexibility index (Phi) is 3.78. The van der Waals surface area contributed by atoms with Crippen LogP contribution in [0.1, 0.15) is 46.0 Å². The predicted octanol–water partition coefficient (Wildman–Crippen LogP) is 3.10. The minimum absolute atomic E-state index is 0.205. The Morgan fingerprint density at radius 1 is 1.31 bits per heavy atom. The third-order valence-electron chi connectivity index (χ3n) is 3.67. The molecule has 0 aromatic carbocycles. The zero-order chi connectivity index (χ0) is 11.6. The van der Waals surface area contributed by atoms with Gasteiger partial charge in [-0.05, 0) is 41.1 Å². The Morgan fingerprint density at radius 2 is 2.00 bits per heavy atom. The monoisotopic (exact) mass is 239 g/mol. The quantitative estimate of drug-likeness (QED) is 0.692. The molecule has 0 unspecified atom stereocenters. The Balaban J connectivity index is 1.85. The van der Waals surface area contributed by atoms with Gasteiger partial charge in [-0.15, -0.1) is 0 Å². The molecule has 2 rings (SSSR count). The molecule has 0 saturated carbocycles. The van der Waals surface area contributed by atoms with Crippen LogP contribution in [-0.4, -0.2) is 23.0 Å². The molecule has 1 aliphatic heterocycles. The maximum atomic E-state index is 11.9. The van der Waals surface area contributed by atoms with Crippen molar-refractivity contribution in [2.24, 2.45) is 5.41 Å². The number of carbonyl (C=O) groups is 1. The summed E-state index contributed by atoms with van der Waals surface area (Å²) in [6.07, 6.45) is 7.95. The Labute approximate surface area is 102 Å². The van der Waals surface area contributed by atoms with Gasteiger partial charge in [0.15, 0.2) is 5.78 Å². The largest absolute Gasteiger partial charge is 0.295 e. The van der Waals surface area contributed by atoms with Crippen molar-refractivity contribution in [3.05, 3.63) is 11.6 Å². The molecule has 16 heavy (non-hydrogen) atoms. The molecule has 1 aliphatic carbocycles. The van der Waals surface area contributed by atoms with Gasteiger partial charge in [-0.3, -0.25) is 4.79 Å². The van der Waals surface area contributed by atoms with Crippen molar-refractivity contribution in [3.8, 4) is 0 Å². The molecular weight excluding hydrogens is 216 g/mol. The second kappa shape index (κ2) is 4.95. The fourth-order valence-corrected chi connectivity index (χ4v) is 4.89. The Morgan fingerprint density at radius 3 is 2.62 bits per heavy atom. The molecule has 2 heteroatoms. The summed E-state index contributed by atoms with van der Waals surface area (Å²) in [7, 11) is 0.644. The molecule has 0 radical (unpaired) electrons. The number of carbonyl (C=O) groups excluding carboxylic acids is 1. The highest BCUT2D eigenvalue weighted by Crippen LogP contribution is 2.33. The van der Waals surface area contributed by atoms with Crippen molar-refractivity contribution < 1.29 is 4.79 Å². The molecule has 1 heterocycles. The van der Waals surface area contributed by atoms with Crippen LogP contribution in [0.3, 0.4) is 0 Å². The van der Waals surface area contributed by atoms with E-state index in [-0.39, 0.29) is 5.41 Å². The van der Waals surface area contributed by atoms with Crippen molar-refractivity contribution in [3.63, 3.8) is 0 Å². The highest BCUT2D eigenvalue weighted by molar-refractivity contribution is 7.97. The number of allylic oxidation sites excluding steroid dienone is 2. The smallest absolute Gasteiger partial charge is 0.159 e. The second-order valence-electron chi connectivity index (χ2n) is 5.88. The summed E-state index contributed by atoms with van der Waals surface area (Å²) in [4.78, 5) is 11.9. The predicted molar refractivity (Wildman–Crippen MR) is 71.9 cm³/mol. The average Bonchev–Trinajstić information content (AvgIpc) is 2.68. The van der Waals surface area contributed by atoms with Crippen LogP contribution in [0.5, 0.6) is 0 Å². The number of Topliss-reactive ketones (excluding diaryl/α,β-unsaturated/α-hetero) is 1. The first-order chi connectivity index (χ1) is 7.57. The summed E-state index contributed by atoms with van der Waals surface area (Å²) in [5.74, 6) is 4.54. The maximum Gasteiger partial charge on any atom is 0.159 e. The van der Waals surface area contributed by atoms with Crippen LogP contribution in [0, 0.1) is 5.41 Å². The zero-order valence-electron chi connectivity index (χ0n) is 10.6. The average molecular weight is 239 g/mol. The van der Waals surface area contributed by atoms with Gasteiger partial charge in [0, 0.05) is 12.8 Å². The van der Waals surface area contributed by atoms with Crippen LogP contribution in [0.15, 0.2) is 11.6 Å². The van der Waals surface area contributed by atoms with Gasteiger partial charge < -0.3 is 0 Å². The van der Waals surface area contributed by atoms with Crippen LogP contribution in [0.4, 0.5) is 0 Å². The standard InChI is InChI=1S/C14H23OS/c1-14(2)7-5-12(13(15)11-14)6-10-16-8-3-4-9-16/h5H,3-4,6-11H2,1-2H3/q+1. The lowest BCUT2D eigenvalue weighted by molar-refractivity contribution is -0.118. The summed E-state index contributed by atoms with van der Waals surface area (Å²) >= 11 is 0. The highest BCUT2D eigenvalue weighted by atomic mass is 32.2. The van der Waals surface area contributed by atoms with Gasteiger partial charge in [0.2, 0.25) is 0 Å². The molecular formula is C14H23OS+. The molecule has 2 aliphatic rings. The van der Waals surface area contributed by atoms with Crippen LogP contribution in [0.2, 0.25) is 0 Å². The van der Waals surface area contributed by atoms with E-state index in [1.807, 2.05) is 0 Å². The van der Waals surface area contributed by atoms with E-state index in [1.165, 1.54) is 30.1 Å². The van der Waals surface area contributed by atoms with Crippen LogP contribution in [0.25, 0.3) is 0 Å². The van der Waals surface area contributed by atoms with Crippen LogP contribution in [-0.2, 0) is 15.7 Å². The lowest BCUT2D eigenvalue weighted by Crippen LogP contribution is -2.23. The third kappa shape index (κ3) is 3.13. The van der Waals surface area contributed by atoms with Gasteiger partial charge >= 0.3 is 0 Å². The van der Waals surface area contributed by atoms with Crippen molar-refractivity contribution >= 4 is 16.7 Å². The number of hydrogen-bond acceptors (Lipinski definition) is 1. The minimum Gasteiger partial charge on any atom is -0.295 e. The molecule has 90 valence electrons. The lowest BCUT2D eigenvalue weighted by atomic mass is 9.77. The number of rotatable bonds is 3. The van der Waals surface area contributed by atoms with Gasteiger partial charge in [-0.2, -0.15) is 0 Å². The third-order valence-corrected chi connectivity index (χ3v) is 6.19. The summed E-state index contributed by atoms with van der Waals surface area (Å²) in [5.41, 5.74) is 1.34. The molecule has 1 fully saturated rings. The summed E-state index contributed by atoms with van der Waals surface area (Å²) in [5, 5.41) is 0. The van der Waals surface area contributed by atoms with Gasteiger partial charge in [0.25, 0.3) is 0 Å². The second-order valence-corrected chi connectivity index (χ2v) is 8.33. The number of ketones is 1. The lowest BCUT2D eigenvalue weighted by Gasteiger charge is -2.27. The Bertz CT molecular complexity index is 298. The molecule has 0 bridgehead atoms. The fourth-order valence-electron chi connectivity index (χ4n) is 2.55. The first-order valence-electron chi connectivity index (χ1n) is 6.43. The van der Waals surface area contributed by atoms with Gasteiger partial charge in [-0.25, -0.2) is 0 Å².